The second kappa shape index (κ2) is 8.01. The number of hydrogen-bond acceptors (Lipinski definition) is 3. The number of sulfonamides is 1. The molecule has 0 aromatic heterocycles. The summed E-state index contributed by atoms with van der Waals surface area (Å²) in [5, 5.41) is 2.99. The van der Waals surface area contributed by atoms with Crippen molar-refractivity contribution in [2.75, 3.05) is 32.7 Å². The first-order valence-electron chi connectivity index (χ1n) is 8.80. The van der Waals surface area contributed by atoms with Crippen molar-refractivity contribution in [1.29, 1.82) is 0 Å². The van der Waals surface area contributed by atoms with E-state index >= 15 is 0 Å². The third-order valence-electron chi connectivity index (χ3n) is 4.83. The van der Waals surface area contributed by atoms with Crippen molar-refractivity contribution in [3.05, 3.63) is 42.5 Å². The van der Waals surface area contributed by atoms with E-state index in [2.05, 4.69) is 17.5 Å². The first-order chi connectivity index (χ1) is 12.1. The molecule has 2 aliphatic rings. The lowest BCUT2D eigenvalue weighted by molar-refractivity contribution is 0.170. The normalized spacial score (nSPS) is 21.9. The molecule has 1 atom stereocenters. The van der Waals surface area contributed by atoms with Crippen molar-refractivity contribution >= 4 is 16.1 Å². The maximum absolute atomic E-state index is 12.6. The van der Waals surface area contributed by atoms with Crippen LogP contribution >= 0.6 is 0 Å². The van der Waals surface area contributed by atoms with Crippen molar-refractivity contribution in [2.24, 2.45) is 5.92 Å². The number of nitrogens with one attached hydrogen (secondary N) is 1. The number of amides is 2. The molecule has 1 N–H and O–H groups in total. The summed E-state index contributed by atoms with van der Waals surface area (Å²) in [7, 11) is -3.47. The van der Waals surface area contributed by atoms with Crippen molar-refractivity contribution in [1.82, 2.24) is 14.5 Å². The average Bonchev–Trinajstić information content (AvgIpc) is 2.68. The number of benzene rings is 1. The van der Waals surface area contributed by atoms with Gasteiger partial charge in [0.15, 0.2) is 0 Å². The van der Waals surface area contributed by atoms with E-state index in [9.17, 15) is 13.2 Å². The van der Waals surface area contributed by atoms with E-state index < -0.39 is 10.0 Å². The summed E-state index contributed by atoms with van der Waals surface area (Å²) in [6.45, 7) is 2.18. The van der Waals surface area contributed by atoms with Crippen LogP contribution in [-0.2, 0) is 10.0 Å². The minimum absolute atomic E-state index is 0.0914. The number of allylic oxidation sites excluding steroid dienone is 2. The molecule has 1 aromatic rings. The lowest BCUT2D eigenvalue weighted by Gasteiger charge is -2.34. The highest BCUT2D eigenvalue weighted by molar-refractivity contribution is 7.89. The van der Waals surface area contributed by atoms with Crippen LogP contribution in [0.2, 0.25) is 0 Å². The number of rotatable bonds is 4. The van der Waals surface area contributed by atoms with Crippen molar-refractivity contribution in [3.63, 3.8) is 0 Å². The molecule has 7 heteroatoms. The summed E-state index contributed by atoms with van der Waals surface area (Å²) in [6, 6.07) is 8.35. The molecule has 1 unspecified atom stereocenters. The zero-order valence-electron chi connectivity index (χ0n) is 14.3. The molecule has 25 heavy (non-hydrogen) atoms. The maximum Gasteiger partial charge on any atom is 0.317 e. The van der Waals surface area contributed by atoms with Gasteiger partial charge in [-0.3, -0.25) is 0 Å². The number of nitrogens with zero attached hydrogens (tertiary/aromatic N) is 2. The molecular formula is C18H25N3O3S. The van der Waals surface area contributed by atoms with Gasteiger partial charge in [0.05, 0.1) is 4.90 Å². The van der Waals surface area contributed by atoms with E-state index in [0.29, 0.717) is 43.5 Å². The van der Waals surface area contributed by atoms with Gasteiger partial charge in [-0.05, 0) is 37.3 Å². The van der Waals surface area contributed by atoms with Gasteiger partial charge in [0.2, 0.25) is 10.0 Å². The van der Waals surface area contributed by atoms with Crippen molar-refractivity contribution in [2.45, 2.75) is 24.2 Å². The van der Waals surface area contributed by atoms with E-state index in [1.807, 2.05) is 0 Å². The summed E-state index contributed by atoms with van der Waals surface area (Å²) >= 11 is 0. The van der Waals surface area contributed by atoms with Crippen molar-refractivity contribution in [3.8, 4) is 0 Å². The molecule has 0 radical (unpaired) electrons. The van der Waals surface area contributed by atoms with Gasteiger partial charge in [0, 0.05) is 32.7 Å². The van der Waals surface area contributed by atoms with Crippen LogP contribution in [0.3, 0.4) is 0 Å². The fourth-order valence-electron chi connectivity index (χ4n) is 3.26. The van der Waals surface area contributed by atoms with Gasteiger partial charge in [0.25, 0.3) is 0 Å². The smallest absolute Gasteiger partial charge is 0.317 e. The molecular weight excluding hydrogens is 338 g/mol. The fraction of sp³-hybridized carbons (Fsp3) is 0.500. The van der Waals surface area contributed by atoms with Crippen molar-refractivity contribution < 1.29 is 13.2 Å². The molecule has 0 saturated carbocycles. The second-order valence-electron chi connectivity index (χ2n) is 6.54. The lowest BCUT2D eigenvalue weighted by Crippen LogP contribution is -2.53. The zero-order chi connectivity index (χ0) is 17.7. The van der Waals surface area contributed by atoms with E-state index in [-0.39, 0.29) is 6.03 Å². The number of urea groups is 1. The van der Waals surface area contributed by atoms with E-state index in [0.717, 1.165) is 19.3 Å². The standard InChI is InChI=1S/C18H25N3O3S/c22-18(19-15-16-7-3-1-4-8-16)20-11-13-21(14-12-20)25(23,24)17-9-5-2-6-10-17/h1-3,5-6,9-10,16H,4,7-8,11-15H2,(H,19,22). The lowest BCUT2D eigenvalue weighted by atomic mass is 9.94. The van der Waals surface area contributed by atoms with Crippen LogP contribution in [0.15, 0.2) is 47.4 Å². The molecule has 6 nitrogen and oxygen atoms in total. The molecule has 3 rings (SSSR count). The van der Waals surface area contributed by atoms with E-state index in [1.165, 1.54) is 4.31 Å². The molecule has 1 aromatic carbocycles. The number of hydrogen-bond donors (Lipinski definition) is 1. The third kappa shape index (κ3) is 4.41. The Labute approximate surface area is 149 Å². The largest absolute Gasteiger partial charge is 0.338 e. The topological polar surface area (TPSA) is 69.7 Å². The Hall–Kier alpha value is -1.86. The van der Waals surface area contributed by atoms with Crippen LogP contribution in [0.5, 0.6) is 0 Å². The number of carbonyl (C=O) groups excluding carboxylic acids is 1. The highest BCUT2D eigenvalue weighted by Gasteiger charge is 2.30. The van der Waals surface area contributed by atoms with Gasteiger partial charge in [-0.1, -0.05) is 30.4 Å². The minimum atomic E-state index is -3.47. The van der Waals surface area contributed by atoms with Crippen LogP contribution in [0.1, 0.15) is 19.3 Å². The first-order valence-corrected chi connectivity index (χ1v) is 10.2. The Kier molecular flexibility index (Phi) is 5.75. The summed E-state index contributed by atoms with van der Waals surface area (Å²) in [5.41, 5.74) is 0. The van der Waals surface area contributed by atoms with Gasteiger partial charge < -0.3 is 10.2 Å². The fourth-order valence-corrected chi connectivity index (χ4v) is 4.70. The molecule has 1 aliphatic carbocycles. The molecule has 0 bridgehead atoms. The van der Waals surface area contributed by atoms with Crippen LogP contribution < -0.4 is 5.32 Å². The van der Waals surface area contributed by atoms with Crippen LogP contribution in [0.25, 0.3) is 0 Å². The molecule has 1 fully saturated rings. The Balaban J connectivity index is 1.49. The maximum atomic E-state index is 12.6. The van der Waals surface area contributed by atoms with Gasteiger partial charge in [-0.25, -0.2) is 13.2 Å². The average molecular weight is 363 g/mol. The number of piperazine rings is 1. The number of carbonyl (C=O) groups is 1. The van der Waals surface area contributed by atoms with Gasteiger partial charge >= 0.3 is 6.03 Å². The summed E-state index contributed by atoms with van der Waals surface area (Å²) < 4.78 is 26.6. The third-order valence-corrected chi connectivity index (χ3v) is 6.74. The molecule has 2 amide bonds. The Bertz CT molecular complexity index is 710. The molecule has 1 saturated heterocycles. The summed E-state index contributed by atoms with van der Waals surface area (Å²) in [5.74, 6) is 0.508. The van der Waals surface area contributed by atoms with Crippen LogP contribution in [-0.4, -0.2) is 56.4 Å². The molecule has 1 heterocycles. The monoisotopic (exact) mass is 363 g/mol. The SMILES string of the molecule is O=C(NCC1CC=CCC1)N1CCN(S(=O)(=O)c2ccccc2)CC1. The highest BCUT2D eigenvalue weighted by atomic mass is 32.2. The Morgan fingerprint density at radius 3 is 2.44 bits per heavy atom. The van der Waals surface area contributed by atoms with Gasteiger partial charge in [0.1, 0.15) is 0 Å². The predicted molar refractivity (Wildman–Crippen MR) is 96.7 cm³/mol. The first kappa shape index (κ1) is 17.9. The predicted octanol–water partition coefficient (Wildman–Crippen LogP) is 2.06. The van der Waals surface area contributed by atoms with E-state index in [4.69, 9.17) is 0 Å². The molecule has 1 aliphatic heterocycles. The molecule has 0 spiro atoms. The Morgan fingerprint density at radius 1 is 1.08 bits per heavy atom. The van der Waals surface area contributed by atoms with Crippen LogP contribution in [0, 0.1) is 5.92 Å². The van der Waals surface area contributed by atoms with Gasteiger partial charge in [-0.2, -0.15) is 4.31 Å². The second-order valence-corrected chi connectivity index (χ2v) is 8.48. The highest BCUT2D eigenvalue weighted by Crippen LogP contribution is 2.18. The molecule has 136 valence electrons. The van der Waals surface area contributed by atoms with E-state index in [1.54, 1.807) is 35.2 Å². The quantitative estimate of drug-likeness (QED) is 0.833. The summed E-state index contributed by atoms with van der Waals surface area (Å²) in [4.78, 5) is 14.3. The summed E-state index contributed by atoms with van der Waals surface area (Å²) in [6.07, 6.45) is 7.57. The van der Waals surface area contributed by atoms with Crippen LogP contribution in [0.4, 0.5) is 4.79 Å². The van der Waals surface area contributed by atoms with Gasteiger partial charge in [-0.15, -0.1) is 0 Å². The minimum Gasteiger partial charge on any atom is -0.338 e. The Morgan fingerprint density at radius 2 is 1.80 bits per heavy atom. The zero-order valence-corrected chi connectivity index (χ0v) is 15.1.